The van der Waals surface area contributed by atoms with Crippen LogP contribution < -0.4 is 5.32 Å². The molecule has 4 nitrogen and oxygen atoms in total. The van der Waals surface area contributed by atoms with Gasteiger partial charge in [-0.2, -0.15) is 13.2 Å². The summed E-state index contributed by atoms with van der Waals surface area (Å²) in [6.07, 6.45) is -0.300. The molecule has 78 valence electrons. The summed E-state index contributed by atoms with van der Waals surface area (Å²) in [6, 6.07) is 0. The summed E-state index contributed by atoms with van der Waals surface area (Å²) in [5, 5.41) is 1.32. The molecule has 0 atom stereocenters. The third-order valence-corrected chi connectivity index (χ3v) is 0.967. The number of nitrogens with one attached hydrogen (secondary N) is 1. The number of halogens is 3. The second-order valence-electron chi connectivity index (χ2n) is 2.05. The highest BCUT2D eigenvalue weighted by atomic mass is 19.4. The molecule has 0 unspecified atom stereocenters. The zero-order chi connectivity index (χ0) is 11.2. The number of hydrogen-bond donors (Lipinski definition) is 1. The second-order valence-corrected chi connectivity index (χ2v) is 2.05. The Bertz CT molecular complexity index is 266. The van der Waals surface area contributed by atoms with Crippen LogP contribution in [0, 0.1) is 12.3 Å². The molecule has 0 saturated heterocycles. The maximum absolute atomic E-state index is 11.6. The fraction of sp³-hybridized carbons (Fsp3) is 0.429. The summed E-state index contributed by atoms with van der Waals surface area (Å²) in [7, 11) is 0. The van der Waals surface area contributed by atoms with Gasteiger partial charge in [-0.25, -0.2) is 0 Å². The van der Waals surface area contributed by atoms with Gasteiger partial charge in [0.2, 0.25) is 0 Å². The van der Waals surface area contributed by atoms with Gasteiger partial charge in [0.05, 0.1) is 0 Å². The number of carbonyl (C=O) groups is 2. The molecule has 0 rings (SSSR count). The normalized spacial score (nSPS) is 10.1. The molecule has 0 heterocycles. The molecule has 0 spiro atoms. The Labute approximate surface area is 77.4 Å². The molecule has 0 aliphatic heterocycles. The number of alkyl halides is 3. The first-order valence-electron chi connectivity index (χ1n) is 3.32. The Morgan fingerprint density at radius 3 is 2.43 bits per heavy atom. The third-order valence-electron chi connectivity index (χ3n) is 0.967. The van der Waals surface area contributed by atoms with Crippen LogP contribution in [-0.4, -0.2) is 31.2 Å². The maximum Gasteiger partial charge on any atom is 0.471 e. The van der Waals surface area contributed by atoms with Gasteiger partial charge in [0.1, 0.15) is 6.54 Å². The van der Waals surface area contributed by atoms with Crippen molar-refractivity contribution in [1.82, 2.24) is 5.32 Å². The van der Waals surface area contributed by atoms with Crippen LogP contribution >= 0.6 is 0 Å². The van der Waals surface area contributed by atoms with Crippen molar-refractivity contribution < 1.29 is 27.5 Å². The van der Waals surface area contributed by atoms with E-state index in [-0.39, 0.29) is 6.61 Å². The summed E-state index contributed by atoms with van der Waals surface area (Å²) >= 11 is 0. The number of terminal acetylenes is 1. The predicted octanol–water partition coefficient (Wildman–Crippen LogP) is -0.159. The average Bonchev–Trinajstić information content (AvgIpc) is 2.09. The zero-order valence-corrected chi connectivity index (χ0v) is 6.85. The van der Waals surface area contributed by atoms with Crippen molar-refractivity contribution >= 4 is 11.9 Å². The second kappa shape index (κ2) is 5.11. The first-order valence-corrected chi connectivity index (χ1v) is 3.32. The summed E-state index contributed by atoms with van der Waals surface area (Å²) in [5.74, 6) is -1.29. The number of ether oxygens (including phenoxy) is 1. The minimum atomic E-state index is -5.01. The van der Waals surface area contributed by atoms with Gasteiger partial charge in [-0.1, -0.05) is 5.92 Å². The number of carbonyl (C=O) groups excluding carboxylic acids is 2. The molecule has 0 fully saturated rings. The monoisotopic (exact) mass is 209 g/mol. The smallest absolute Gasteiger partial charge is 0.451 e. The molecular formula is C7H6F3NO3. The topological polar surface area (TPSA) is 55.4 Å². The average molecular weight is 209 g/mol. The minimum absolute atomic E-state index is 0.347. The van der Waals surface area contributed by atoms with Crippen LogP contribution in [0.3, 0.4) is 0 Å². The van der Waals surface area contributed by atoms with Crippen LogP contribution in [0.5, 0.6) is 0 Å². The lowest BCUT2D eigenvalue weighted by Gasteiger charge is -2.06. The summed E-state index contributed by atoms with van der Waals surface area (Å²) in [4.78, 5) is 20.7. The van der Waals surface area contributed by atoms with Gasteiger partial charge < -0.3 is 10.1 Å². The molecule has 0 aromatic carbocycles. The Morgan fingerprint density at radius 1 is 1.43 bits per heavy atom. The lowest BCUT2D eigenvalue weighted by Crippen LogP contribution is -2.40. The van der Waals surface area contributed by atoms with Crippen molar-refractivity contribution in [3.8, 4) is 12.3 Å². The highest BCUT2D eigenvalue weighted by Crippen LogP contribution is 2.13. The molecule has 0 saturated carbocycles. The van der Waals surface area contributed by atoms with Crippen LogP contribution in [0.1, 0.15) is 0 Å². The molecule has 0 aliphatic rings. The van der Waals surface area contributed by atoms with E-state index in [2.05, 4.69) is 4.74 Å². The lowest BCUT2D eigenvalue weighted by molar-refractivity contribution is -0.174. The van der Waals surface area contributed by atoms with Crippen molar-refractivity contribution in [2.75, 3.05) is 13.2 Å². The van der Waals surface area contributed by atoms with Crippen molar-refractivity contribution in [3.63, 3.8) is 0 Å². The molecule has 0 aromatic rings. The van der Waals surface area contributed by atoms with E-state index < -0.39 is 24.6 Å². The highest BCUT2D eigenvalue weighted by molar-refractivity contribution is 5.85. The van der Waals surface area contributed by atoms with Gasteiger partial charge in [0, 0.05) is 0 Å². The van der Waals surface area contributed by atoms with Crippen molar-refractivity contribution in [2.45, 2.75) is 6.18 Å². The van der Waals surface area contributed by atoms with Crippen LogP contribution in [0.4, 0.5) is 13.2 Å². The number of esters is 1. The van der Waals surface area contributed by atoms with E-state index in [1.54, 1.807) is 0 Å². The van der Waals surface area contributed by atoms with E-state index in [1.165, 1.54) is 5.32 Å². The van der Waals surface area contributed by atoms with Crippen molar-refractivity contribution in [3.05, 3.63) is 0 Å². The Hall–Kier alpha value is -1.71. The van der Waals surface area contributed by atoms with Crippen molar-refractivity contribution in [1.29, 1.82) is 0 Å². The lowest BCUT2D eigenvalue weighted by atomic mass is 10.5. The van der Waals surface area contributed by atoms with E-state index in [4.69, 9.17) is 6.42 Å². The molecule has 0 bridgehead atoms. The molecule has 1 amide bonds. The van der Waals surface area contributed by atoms with Gasteiger partial charge in [-0.15, -0.1) is 6.42 Å². The maximum atomic E-state index is 11.6. The molecule has 1 N–H and O–H groups in total. The van der Waals surface area contributed by atoms with E-state index in [1.807, 2.05) is 5.92 Å². The van der Waals surface area contributed by atoms with E-state index in [9.17, 15) is 22.8 Å². The molecule has 0 radical (unpaired) electrons. The molecule has 7 heteroatoms. The molecule has 0 aromatic heterocycles. The van der Waals surface area contributed by atoms with Crippen LogP contribution in [0.25, 0.3) is 0 Å². The van der Waals surface area contributed by atoms with E-state index >= 15 is 0 Å². The fourth-order valence-electron chi connectivity index (χ4n) is 0.426. The van der Waals surface area contributed by atoms with Crippen LogP contribution in [-0.2, 0) is 14.3 Å². The predicted molar refractivity (Wildman–Crippen MR) is 38.9 cm³/mol. The number of hydrogen-bond acceptors (Lipinski definition) is 3. The van der Waals surface area contributed by atoms with Gasteiger partial charge in [-0.05, 0) is 0 Å². The molecule has 0 aliphatic carbocycles. The van der Waals surface area contributed by atoms with Crippen LogP contribution in [0.2, 0.25) is 0 Å². The van der Waals surface area contributed by atoms with Crippen molar-refractivity contribution in [2.24, 2.45) is 0 Å². The van der Waals surface area contributed by atoms with Gasteiger partial charge in [0.15, 0.2) is 6.61 Å². The quantitative estimate of drug-likeness (QED) is 0.519. The fourth-order valence-corrected chi connectivity index (χ4v) is 0.426. The first-order chi connectivity index (χ1) is 6.38. The third kappa shape index (κ3) is 5.03. The Kier molecular flexibility index (Phi) is 4.49. The Balaban J connectivity index is 3.80. The van der Waals surface area contributed by atoms with Gasteiger partial charge >= 0.3 is 18.1 Å². The Morgan fingerprint density at radius 2 is 2.00 bits per heavy atom. The number of amides is 1. The highest BCUT2D eigenvalue weighted by Gasteiger charge is 2.38. The first kappa shape index (κ1) is 12.3. The summed E-state index contributed by atoms with van der Waals surface area (Å²) < 4.78 is 38.9. The largest absolute Gasteiger partial charge is 0.471 e. The van der Waals surface area contributed by atoms with Crippen LogP contribution in [0.15, 0.2) is 0 Å². The standard InChI is InChI=1S/C7H6F3NO3/c1-2-3-14-5(12)4-11-6(13)7(8,9)10/h1H,3-4H2,(H,11,13). The number of rotatable bonds is 3. The van der Waals surface area contributed by atoms with Gasteiger partial charge in [0.25, 0.3) is 0 Å². The van der Waals surface area contributed by atoms with E-state index in [0.717, 1.165) is 0 Å². The summed E-state index contributed by atoms with van der Waals surface area (Å²) in [5.41, 5.74) is 0. The summed E-state index contributed by atoms with van der Waals surface area (Å²) in [6.45, 7) is -1.21. The SMILES string of the molecule is C#CCOC(=O)CNC(=O)C(F)(F)F. The minimum Gasteiger partial charge on any atom is -0.451 e. The molecular weight excluding hydrogens is 203 g/mol. The zero-order valence-electron chi connectivity index (χ0n) is 6.85. The molecule has 14 heavy (non-hydrogen) atoms. The van der Waals surface area contributed by atoms with Gasteiger partial charge in [-0.3, -0.25) is 9.59 Å². The van der Waals surface area contributed by atoms with E-state index in [0.29, 0.717) is 0 Å².